The molecule has 2 aromatic rings. The minimum absolute atomic E-state index is 0.0648. The fourth-order valence-corrected chi connectivity index (χ4v) is 2.08. The highest BCUT2D eigenvalue weighted by Gasteiger charge is 2.14. The minimum Gasteiger partial charge on any atom is -0.504 e. The summed E-state index contributed by atoms with van der Waals surface area (Å²) in [6.45, 7) is 2.04. The number of phenolic OH excluding ortho intramolecular Hbond substituents is 1. The number of hydrogen-bond acceptors (Lipinski definition) is 3. The lowest BCUT2D eigenvalue weighted by Gasteiger charge is -2.27. The summed E-state index contributed by atoms with van der Waals surface area (Å²) in [6, 6.07) is 11.7. The summed E-state index contributed by atoms with van der Waals surface area (Å²) in [6.07, 6.45) is 0. The molecule has 0 aliphatic carbocycles. The number of aromatic hydroxyl groups is 1. The summed E-state index contributed by atoms with van der Waals surface area (Å²) < 4.78 is 18.1. The molecule has 1 unspecified atom stereocenters. The van der Waals surface area contributed by atoms with Crippen molar-refractivity contribution in [3.05, 3.63) is 53.8 Å². The van der Waals surface area contributed by atoms with E-state index in [1.165, 1.54) is 19.2 Å². The second-order valence-corrected chi connectivity index (χ2v) is 4.69. The van der Waals surface area contributed by atoms with Crippen molar-refractivity contribution in [3.8, 4) is 11.5 Å². The van der Waals surface area contributed by atoms with Crippen LogP contribution in [0.2, 0.25) is 0 Å². The molecule has 1 atom stereocenters. The summed E-state index contributed by atoms with van der Waals surface area (Å²) >= 11 is 0. The molecule has 0 saturated heterocycles. The van der Waals surface area contributed by atoms with Gasteiger partial charge in [0.1, 0.15) is 5.82 Å². The van der Waals surface area contributed by atoms with Crippen molar-refractivity contribution >= 4 is 5.69 Å². The zero-order valence-corrected chi connectivity index (χ0v) is 11.8. The number of anilines is 1. The first-order valence-corrected chi connectivity index (χ1v) is 6.38. The fourth-order valence-electron chi connectivity index (χ4n) is 2.08. The maximum atomic E-state index is 13.0. The van der Waals surface area contributed by atoms with Crippen LogP contribution in [0.25, 0.3) is 0 Å². The Kier molecular flexibility index (Phi) is 4.13. The van der Waals surface area contributed by atoms with Crippen molar-refractivity contribution in [3.63, 3.8) is 0 Å². The van der Waals surface area contributed by atoms with E-state index < -0.39 is 0 Å². The molecule has 0 aliphatic heterocycles. The molecule has 2 aromatic carbocycles. The number of hydrogen-bond donors (Lipinski definition) is 1. The van der Waals surface area contributed by atoms with Gasteiger partial charge in [-0.15, -0.1) is 0 Å². The largest absolute Gasteiger partial charge is 0.504 e. The van der Waals surface area contributed by atoms with Gasteiger partial charge in [-0.3, -0.25) is 0 Å². The van der Waals surface area contributed by atoms with Crippen molar-refractivity contribution in [2.45, 2.75) is 13.0 Å². The van der Waals surface area contributed by atoms with E-state index in [-0.39, 0.29) is 17.6 Å². The molecule has 0 heterocycles. The number of ether oxygens (including phenoxy) is 1. The van der Waals surface area contributed by atoms with Gasteiger partial charge in [-0.1, -0.05) is 6.07 Å². The lowest BCUT2D eigenvalue weighted by atomic mass is 10.1. The topological polar surface area (TPSA) is 32.7 Å². The molecular weight excluding hydrogens is 257 g/mol. The molecule has 1 N–H and O–H groups in total. The molecule has 4 heteroatoms. The average Bonchev–Trinajstić information content (AvgIpc) is 2.47. The number of phenols is 1. The van der Waals surface area contributed by atoms with Gasteiger partial charge in [0.25, 0.3) is 0 Å². The zero-order chi connectivity index (χ0) is 14.7. The summed E-state index contributed by atoms with van der Waals surface area (Å²) in [7, 11) is 3.46. The van der Waals surface area contributed by atoms with Gasteiger partial charge < -0.3 is 14.7 Å². The maximum Gasteiger partial charge on any atom is 0.160 e. The summed E-state index contributed by atoms with van der Waals surface area (Å²) in [5, 5.41) is 9.62. The van der Waals surface area contributed by atoms with Crippen molar-refractivity contribution in [2.24, 2.45) is 0 Å². The molecule has 2 rings (SSSR count). The predicted molar refractivity (Wildman–Crippen MR) is 77.9 cm³/mol. The third kappa shape index (κ3) is 2.85. The molecule has 0 fully saturated rings. The van der Waals surface area contributed by atoms with Gasteiger partial charge >= 0.3 is 0 Å². The van der Waals surface area contributed by atoms with Crippen molar-refractivity contribution in [2.75, 3.05) is 19.1 Å². The van der Waals surface area contributed by atoms with E-state index in [0.717, 1.165) is 11.3 Å². The SMILES string of the molecule is COc1cc(C(C)N(C)c2ccc(F)cc2)ccc1O. The quantitative estimate of drug-likeness (QED) is 0.922. The van der Waals surface area contributed by atoms with Crippen LogP contribution in [0.3, 0.4) is 0 Å². The van der Waals surface area contributed by atoms with Crippen LogP contribution in [-0.2, 0) is 0 Å². The highest BCUT2D eigenvalue weighted by molar-refractivity contribution is 5.50. The molecule has 0 saturated carbocycles. The Morgan fingerprint density at radius 3 is 2.40 bits per heavy atom. The smallest absolute Gasteiger partial charge is 0.160 e. The molecule has 20 heavy (non-hydrogen) atoms. The Morgan fingerprint density at radius 1 is 1.15 bits per heavy atom. The van der Waals surface area contributed by atoms with E-state index in [9.17, 15) is 9.50 Å². The highest BCUT2D eigenvalue weighted by Crippen LogP contribution is 2.32. The Bertz CT molecular complexity index is 584. The Morgan fingerprint density at radius 2 is 1.80 bits per heavy atom. The number of methoxy groups -OCH3 is 1. The monoisotopic (exact) mass is 275 g/mol. The molecule has 3 nitrogen and oxygen atoms in total. The summed E-state index contributed by atoms with van der Waals surface area (Å²) in [5.74, 6) is 0.316. The van der Waals surface area contributed by atoms with E-state index in [1.807, 2.05) is 24.9 Å². The van der Waals surface area contributed by atoms with Crippen LogP contribution in [0, 0.1) is 5.82 Å². The number of rotatable bonds is 4. The predicted octanol–water partition coefficient (Wildman–Crippen LogP) is 3.74. The summed E-state index contributed by atoms with van der Waals surface area (Å²) in [4.78, 5) is 2.03. The van der Waals surface area contributed by atoms with Crippen molar-refractivity contribution in [1.29, 1.82) is 0 Å². The number of nitrogens with zero attached hydrogens (tertiary/aromatic N) is 1. The van der Waals surface area contributed by atoms with Crippen LogP contribution >= 0.6 is 0 Å². The van der Waals surface area contributed by atoms with Gasteiger partial charge in [0.05, 0.1) is 13.2 Å². The van der Waals surface area contributed by atoms with Gasteiger partial charge in [-0.05, 0) is 48.9 Å². The van der Waals surface area contributed by atoms with Crippen LogP contribution in [-0.4, -0.2) is 19.3 Å². The van der Waals surface area contributed by atoms with E-state index in [1.54, 1.807) is 24.3 Å². The molecule has 0 spiro atoms. The van der Waals surface area contributed by atoms with Crippen molar-refractivity contribution in [1.82, 2.24) is 0 Å². The first-order valence-electron chi connectivity index (χ1n) is 6.38. The van der Waals surface area contributed by atoms with E-state index in [0.29, 0.717) is 5.75 Å². The standard InChI is InChI=1S/C16H18FNO2/c1-11(12-4-9-15(19)16(10-12)20-3)18(2)14-7-5-13(17)6-8-14/h4-11,19H,1-3H3. The highest BCUT2D eigenvalue weighted by atomic mass is 19.1. The lowest BCUT2D eigenvalue weighted by Crippen LogP contribution is -2.21. The minimum atomic E-state index is -0.249. The summed E-state index contributed by atoms with van der Waals surface area (Å²) in [5.41, 5.74) is 1.93. The third-order valence-electron chi connectivity index (χ3n) is 3.50. The van der Waals surface area contributed by atoms with E-state index in [2.05, 4.69) is 0 Å². The second kappa shape index (κ2) is 5.82. The zero-order valence-electron chi connectivity index (χ0n) is 11.8. The number of benzene rings is 2. The van der Waals surface area contributed by atoms with Crippen LogP contribution in [0.15, 0.2) is 42.5 Å². The van der Waals surface area contributed by atoms with Gasteiger partial charge in [-0.2, -0.15) is 0 Å². The molecule has 0 amide bonds. The Balaban J connectivity index is 2.26. The second-order valence-electron chi connectivity index (χ2n) is 4.69. The van der Waals surface area contributed by atoms with Gasteiger partial charge in [0.15, 0.2) is 11.5 Å². The molecule has 0 aromatic heterocycles. The fraction of sp³-hybridized carbons (Fsp3) is 0.250. The van der Waals surface area contributed by atoms with Crippen LogP contribution in [0.5, 0.6) is 11.5 Å². The molecule has 0 aliphatic rings. The van der Waals surface area contributed by atoms with Crippen molar-refractivity contribution < 1.29 is 14.2 Å². The molecule has 0 radical (unpaired) electrons. The Labute approximate surface area is 118 Å². The lowest BCUT2D eigenvalue weighted by molar-refractivity contribution is 0.372. The first-order chi connectivity index (χ1) is 9.52. The molecule has 106 valence electrons. The van der Waals surface area contributed by atoms with Gasteiger partial charge in [0.2, 0.25) is 0 Å². The van der Waals surface area contributed by atoms with Gasteiger partial charge in [0, 0.05) is 12.7 Å². The first kappa shape index (κ1) is 14.2. The van der Waals surface area contributed by atoms with Gasteiger partial charge in [-0.25, -0.2) is 4.39 Å². The maximum absolute atomic E-state index is 13.0. The van der Waals surface area contributed by atoms with E-state index >= 15 is 0 Å². The van der Waals surface area contributed by atoms with Crippen LogP contribution in [0.1, 0.15) is 18.5 Å². The van der Waals surface area contributed by atoms with Crippen LogP contribution < -0.4 is 9.64 Å². The Hall–Kier alpha value is -2.23. The van der Waals surface area contributed by atoms with E-state index in [4.69, 9.17) is 4.74 Å². The molecule has 0 bridgehead atoms. The molecular formula is C16H18FNO2. The number of halogens is 1. The van der Waals surface area contributed by atoms with Crippen LogP contribution in [0.4, 0.5) is 10.1 Å². The normalized spacial score (nSPS) is 12.0. The average molecular weight is 275 g/mol. The third-order valence-corrected chi connectivity index (χ3v) is 3.50.